The molecular formula is C18H27IN4S. The molecule has 0 atom stereocenters. The maximum Gasteiger partial charge on any atom is 0.193 e. The number of hydrogen-bond donors (Lipinski definition) is 2. The molecule has 1 aromatic carbocycles. The summed E-state index contributed by atoms with van der Waals surface area (Å²) in [7, 11) is 0. The summed E-state index contributed by atoms with van der Waals surface area (Å²) in [6, 6.07) is 8.28. The number of rotatable bonds is 6. The summed E-state index contributed by atoms with van der Waals surface area (Å²) in [4.78, 5) is 10.3. The standard InChI is InChI=1S/C18H26N4S.HI/c1-5-16-13(4)23-17(22-16)9-10-20-18(19)21-15-8-6-7-14(11-15)12(2)3;/h6-8,11-12H,5,9-10H2,1-4H3,(H3,19,20,21);1H. The van der Waals surface area contributed by atoms with E-state index >= 15 is 0 Å². The molecule has 0 saturated heterocycles. The maximum atomic E-state index is 5.98. The molecule has 0 unspecified atom stereocenters. The first-order valence-corrected chi connectivity index (χ1v) is 8.93. The van der Waals surface area contributed by atoms with Crippen molar-refractivity contribution in [3.63, 3.8) is 0 Å². The molecule has 0 fully saturated rings. The van der Waals surface area contributed by atoms with Crippen molar-refractivity contribution in [2.24, 2.45) is 10.7 Å². The van der Waals surface area contributed by atoms with E-state index in [1.807, 2.05) is 12.1 Å². The van der Waals surface area contributed by atoms with Gasteiger partial charge in [0.05, 0.1) is 10.7 Å². The SMILES string of the molecule is CCc1nc(CCN=C(N)Nc2cccc(C(C)C)c2)sc1C.I. The number of aromatic nitrogens is 1. The van der Waals surface area contributed by atoms with Gasteiger partial charge in [-0.3, -0.25) is 4.99 Å². The Balaban J connectivity index is 0.00000288. The predicted octanol–water partition coefficient (Wildman–Crippen LogP) is 4.72. The van der Waals surface area contributed by atoms with E-state index in [9.17, 15) is 0 Å². The molecule has 0 aliphatic heterocycles. The van der Waals surface area contributed by atoms with E-state index in [-0.39, 0.29) is 24.0 Å². The number of nitrogens with two attached hydrogens (primary N) is 1. The molecule has 0 aliphatic carbocycles. The van der Waals surface area contributed by atoms with Crippen molar-refractivity contribution in [2.75, 3.05) is 11.9 Å². The monoisotopic (exact) mass is 458 g/mol. The first-order chi connectivity index (χ1) is 11.0. The molecule has 132 valence electrons. The second-order valence-corrected chi connectivity index (χ2v) is 7.17. The van der Waals surface area contributed by atoms with Crippen LogP contribution in [0.5, 0.6) is 0 Å². The smallest absolute Gasteiger partial charge is 0.193 e. The van der Waals surface area contributed by atoms with Crippen LogP contribution in [0.3, 0.4) is 0 Å². The van der Waals surface area contributed by atoms with E-state index in [0.717, 1.165) is 23.5 Å². The summed E-state index contributed by atoms with van der Waals surface area (Å²) >= 11 is 1.76. The molecule has 1 heterocycles. The predicted molar refractivity (Wildman–Crippen MR) is 116 cm³/mol. The minimum Gasteiger partial charge on any atom is -0.370 e. The summed E-state index contributed by atoms with van der Waals surface area (Å²) in [5, 5.41) is 4.30. The Bertz CT molecular complexity index is 679. The second-order valence-electron chi connectivity index (χ2n) is 5.89. The van der Waals surface area contributed by atoms with Crippen molar-refractivity contribution in [2.45, 2.75) is 46.5 Å². The zero-order chi connectivity index (χ0) is 16.8. The average molecular weight is 458 g/mol. The molecule has 0 radical (unpaired) electrons. The lowest BCUT2D eigenvalue weighted by molar-refractivity contribution is 0.867. The van der Waals surface area contributed by atoms with Gasteiger partial charge in [-0.25, -0.2) is 4.98 Å². The van der Waals surface area contributed by atoms with Crippen molar-refractivity contribution in [1.29, 1.82) is 0 Å². The van der Waals surface area contributed by atoms with Crippen molar-refractivity contribution in [3.8, 4) is 0 Å². The largest absolute Gasteiger partial charge is 0.370 e. The van der Waals surface area contributed by atoms with Crippen molar-refractivity contribution < 1.29 is 0 Å². The van der Waals surface area contributed by atoms with E-state index in [0.29, 0.717) is 18.4 Å². The lowest BCUT2D eigenvalue weighted by Crippen LogP contribution is -2.23. The van der Waals surface area contributed by atoms with Crippen molar-refractivity contribution in [1.82, 2.24) is 4.98 Å². The number of aliphatic imine (C=N–C) groups is 1. The molecule has 0 aliphatic rings. The molecule has 0 saturated carbocycles. The molecule has 4 nitrogen and oxygen atoms in total. The first-order valence-electron chi connectivity index (χ1n) is 8.11. The van der Waals surface area contributed by atoms with Crippen LogP contribution in [0.2, 0.25) is 0 Å². The summed E-state index contributed by atoms with van der Waals surface area (Å²) in [6.07, 6.45) is 1.82. The van der Waals surface area contributed by atoms with E-state index in [1.165, 1.54) is 16.1 Å². The highest BCUT2D eigenvalue weighted by atomic mass is 127. The van der Waals surface area contributed by atoms with Gasteiger partial charge >= 0.3 is 0 Å². The van der Waals surface area contributed by atoms with Gasteiger partial charge in [-0.2, -0.15) is 0 Å². The molecule has 2 aromatic rings. The minimum absolute atomic E-state index is 0. The van der Waals surface area contributed by atoms with Crippen molar-refractivity contribution >= 4 is 47.0 Å². The number of aryl methyl sites for hydroxylation is 2. The minimum atomic E-state index is 0. The molecule has 3 N–H and O–H groups in total. The fraction of sp³-hybridized carbons (Fsp3) is 0.444. The highest BCUT2D eigenvalue weighted by Crippen LogP contribution is 2.19. The van der Waals surface area contributed by atoms with Crippen LogP contribution in [0.1, 0.15) is 47.8 Å². The Labute approximate surface area is 166 Å². The zero-order valence-electron chi connectivity index (χ0n) is 14.8. The average Bonchev–Trinajstić information content (AvgIpc) is 2.87. The summed E-state index contributed by atoms with van der Waals surface area (Å²) < 4.78 is 0. The van der Waals surface area contributed by atoms with Gasteiger partial charge in [-0.15, -0.1) is 35.3 Å². The van der Waals surface area contributed by atoms with Crippen LogP contribution in [0.25, 0.3) is 0 Å². The topological polar surface area (TPSA) is 63.3 Å². The molecule has 24 heavy (non-hydrogen) atoms. The van der Waals surface area contributed by atoms with Crippen LogP contribution in [-0.2, 0) is 12.8 Å². The van der Waals surface area contributed by atoms with Gasteiger partial charge in [-0.1, -0.05) is 32.9 Å². The van der Waals surface area contributed by atoms with Gasteiger partial charge in [-0.05, 0) is 37.0 Å². The summed E-state index contributed by atoms with van der Waals surface area (Å²) in [5.74, 6) is 0.950. The quantitative estimate of drug-likeness (QED) is 0.374. The number of hydrogen-bond acceptors (Lipinski definition) is 3. The van der Waals surface area contributed by atoms with Gasteiger partial charge in [0.1, 0.15) is 0 Å². The van der Waals surface area contributed by atoms with Crippen LogP contribution in [0, 0.1) is 6.92 Å². The van der Waals surface area contributed by atoms with E-state index in [1.54, 1.807) is 11.3 Å². The summed E-state index contributed by atoms with van der Waals surface area (Å²) in [5.41, 5.74) is 9.45. The van der Waals surface area contributed by atoms with Gasteiger partial charge in [0.25, 0.3) is 0 Å². The van der Waals surface area contributed by atoms with Gasteiger partial charge in [0.15, 0.2) is 5.96 Å². The van der Waals surface area contributed by atoms with E-state index in [2.05, 4.69) is 55.1 Å². The third kappa shape index (κ3) is 6.05. The highest BCUT2D eigenvalue weighted by Gasteiger charge is 2.05. The fourth-order valence-electron chi connectivity index (χ4n) is 2.36. The Morgan fingerprint density at radius 1 is 1.38 bits per heavy atom. The van der Waals surface area contributed by atoms with Crippen LogP contribution in [0.15, 0.2) is 29.3 Å². The Kier molecular flexibility index (Phi) is 8.69. The lowest BCUT2D eigenvalue weighted by Gasteiger charge is -2.09. The number of guanidine groups is 1. The van der Waals surface area contributed by atoms with Gasteiger partial charge in [0.2, 0.25) is 0 Å². The maximum absolute atomic E-state index is 5.98. The fourth-order valence-corrected chi connectivity index (χ4v) is 3.37. The van der Waals surface area contributed by atoms with Crippen LogP contribution in [0.4, 0.5) is 5.69 Å². The molecule has 2 rings (SSSR count). The second kappa shape index (κ2) is 9.98. The van der Waals surface area contributed by atoms with Gasteiger partial charge < -0.3 is 11.1 Å². The zero-order valence-corrected chi connectivity index (χ0v) is 17.9. The normalized spacial score (nSPS) is 11.5. The Morgan fingerprint density at radius 2 is 2.12 bits per heavy atom. The Hall–Kier alpha value is -1.15. The molecule has 0 spiro atoms. The third-order valence-corrected chi connectivity index (χ3v) is 4.78. The van der Waals surface area contributed by atoms with Crippen molar-refractivity contribution in [3.05, 3.63) is 45.4 Å². The molecular weight excluding hydrogens is 431 g/mol. The lowest BCUT2D eigenvalue weighted by atomic mass is 10.0. The number of nitrogens with one attached hydrogen (secondary N) is 1. The van der Waals surface area contributed by atoms with Crippen LogP contribution in [-0.4, -0.2) is 17.5 Å². The number of nitrogens with zero attached hydrogens (tertiary/aromatic N) is 2. The molecule has 6 heteroatoms. The summed E-state index contributed by atoms with van der Waals surface area (Å²) in [6.45, 7) is 9.27. The van der Waals surface area contributed by atoms with E-state index < -0.39 is 0 Å². The molecule has 1 aromatic heterocycles. The van der Waals surface area contributed by atoms with Gasteiger partial charge in [0, 0.05) is 23.5 Å². The number of halogens is 1. The van der Waals surface area contributed by atoms with Crippen LogP contribution >= 0.6 is 35.3 Å². The number of benzene rings is 1. The first kappa shape index (κ1) is 20.9. The van der Waals surface area contributed by atoms with E-state index in [4.69, 9.17) is 5.73 Å². The Morgan fingerprint density at radius 3 is 2.75 bits per heavy atom. The number of thiazole rings is 1. The molecule has 0 amide bonds. The third-order valence-electron chi connectivity index (χ3n) is 3.71. The number of anilines is 1. The molecule has 0 bridgehead atoms. The van der Waals surface area contributed by atoms with Crippen LogP contribution < -0.4 is 11.1 Å². The highest BCUT2D eigenvalue weighted by molar-refractivity contribution is 14.0.